The van der Waals surface area contributed by atoms with E-state index in [1.54, 1.807) is 0 Å². The first-order chi connectivity index (χ1) is 8.84. The molecule has 2 nitrogen and oxygen atoms in total. The summed E-state index contributed by atoms with van der Waals surface area (Å²) in [4.78, 5) is 7.76. The molecule has 0 spiro atoms. The molecule has 0 atom stereocenters. The molecule has 0 aliphatic heterocycles. The number of hydrogen-bond donors (Lipinski definition) is 1. The molecule has 0 amide bonds. The fourth-order valence-corrected chi connectivity index (χ4v) is 2.28. The summed E-state index contributed by atoms with van der Waals surface area (Å²) in [6.07, 6.45) is 0.702. The van der Waals surface area contributed by atoms with Crippen LogP contribution in [-0.4, -0.2) is 9.97 Å². The van der Waals surface area contributed by atoms with Crippen molar-refractivity contribution in [3.63, 3.8) is 0 Å². The molecule has 2 rings (SSSR count). The number of nitrogens with one attached hydrogen (secondary N) is 1. The third kappa shape index (κ3) is 3.88. The molecule has 1 heterocycles. The van der Waals surface area contributed by atoms with Crippen LogP contribution in [0.25, 0.3) is 0 Å². The smallest absolute Gasteiger partial charge is 0.130 e. The van der Waals surface area contributed by atoms with Crippen LogP contribution in [0.3, 0.4) is 0 Å². The highest BCUT2D eigenvalue weighted by atomic mass is 35.5. The zero-order valence-electron chi connectivity index (χ0n) is 11.3. The Morgan fingerprint density at radius 1 is 1.26 bits per heavy atom. The maximum Gasteiger partial charge on any atom is 0.130 e. The van der Waals surface area contributed by atoms with Crippen LogP contribution in [0.1, 0.15) is 37.9 Å². The standard InChI is InChI=1S/C15H17ClN2S/c1-15(2,3)12-9-14(19)18-13(17-12)8-10-5-4-6-11(16)7-10/h4-7,9H,8H2,1-3H3,(H,17,18,19). The van der Waals surface area contributed by atoms with Crippen LogP contribution < -0.4 is 0 Å². The van der Waals surface area contributed by atoms with Gasteiger partial charge in [-0.25, -0.2) is 4.98 Å². The van der Waals surface area contributed by atoms with Gasteiger partial charge in [0, 0.05) is 22.6 Å². The van der Waals surface area contributed by atoms with Crippen LogP contribution in [0, 0.1) is 4.64 Å². The molecule has 1 aromatic heterocycles. The van der Waals surface area contributed by atoms with Gasteiger partial charge in [-0.05, 0) is 23.8 Å². The minimum absolute atomic E-state index is 0.0274. The van der Waals surface area contributed by atoms with Crippen LogP contribution in [0.15, 0.2) is 30.3 Å². The second-order valence-electron chi connectivity index (χ2n) is 5.64. The van der Waals surface area contributed by atoms with E-state index in [-0.39, 0.29) is 5.41 Å². The predicted octanol–water partition coefficient (Wildman–Crippen LogP) is 4.68. The Kier molecular flexibility index (Phi) is 4.07. The van der Waals surface area contributed by atoms with Crippen LogP contribution in [0.5, 0.6) is 0 Å². The summed E-state index contributed by atoms with van der Waals surface area (Å²) < 4.78 is 0.626. The fourth-order valence-electron chi connectivity index (χ4n) is 1.84. The van der Waals surface area contributed by atoms with Crippen molar-refractivity contribution < 1.29 is 0 Å². The highest BCUT2D eigenvalue weighted by molar-refractivity contribution is 7.71. The largest absolute Gasteiger partial charge is 0.346 e. The Morgan fingerprint density at radius 3 is 2.63 bits per heavy atom. The topological polar surface area (TPSA) is 28.7 Å². The van der Waals surface area contributed by atoms with Gasteiger partial charge in [-0.3, -0.25) is 0 Å². The molecule has 100 valence electrons. The second-order valence-corrected chi connectivity index (χ2v) is 6.49. The van der Waals surface area contributed by atoms with Crippen LogP contribution >= 0.6 is 23.8 Å². The molecule has 0 saturated heterocycles. The van der Waals surface area contributed by atoms with Crippen molar-refractivity contribution in [3.8, 4) is 0 Å². The zero-order chi connectivity index (χ0) is 14.0. The molecule has 1 aromatic carbocycles. The second kappa shape index (κ2) is 5.43. The van der Waals surface area contributed by atoms with Crippen molar-refractivity contribution in [2.75, 3.05) is 0 Å². The summed E-state index contributed by atoms with van der Waals surface area (Å²) in [6, 6.07) is 9.72. The van der Waals surface area contributed by atoms with Crippen molar-refractivity contribution in [1.29, 1.82) is 0 Å². The molecular formula is C15H17ClN2S. The van der Waals surface area contributed by atoms with Crippen LogP contribution in [0.2, 0.25) is 5.02 Å². The lowest BCUT2D eigenvalue weighted by atomic mass is 9.92. The predicted molar refractivity (Wildman–Crippen MR) is 82.4 cm³/mol. The Labute approximate surface area is 123 Å². The molecule has 19 heavy (non-hydrogen) atoms. The first kappa shape index (κ1) is 14.2. The average molecular weight is 293 g/mol. The number of H-pyrrole nitrogens is 1. The van der Waals surface area contributed by atoms with E-state index in [0.717, 1.165) is 22.1 Å². The van der Waals surface area contributed by atoms with Gasteiger partial charge in [0.1, 0.15) is 10.5 Å². The highest BCUT2D eigenvalue weighted by Crippen LogP contribution is 2.20. The van der Waals surface area contributed by atoms with E-state index in [2.05, 4.69) is 30.7 Å². The monoisotopic (exact) mass is 292 g/mol. The quantitative estimate of drug-likeness (QED) is 0.814. The number of halogens is 1. The first-order valence-corrected chi connectivity index (χ1v) is 6.98. The van der Waals surface area contributed by atoms with Gasteiger partial charge < -0.3 is 4.98 Å². The van der Waals surface area contributed by atoms with Gasteiger partial charge in [0.15, 0.2) is 0 Å². The number of benzene rings is 1. The Bertz CT molecular complexity index is 641. The number of hydrogen-bond acceptors (Lipinski definition) is 2. The molecule has 4 heteroatoms. The third-order valence-electron chi connectivity index (χ3n) is 2.86. The summed E-state index contributed by atoms with van der Waals surface area (Å²) in [5, 5.41) is 0.739. The van der Waals surface area contributed by atoms with Crippen molar-refractivity contribution in [2.24, 2.45) is 0 Å². The highest BCUT2D eigenvalue weighted by Gasteiger charge is 2.15. The molecule has 0 fully saturated rings. The van der Waals surface area contributed by atoms with E-state index in [4.69, 9.17) is 23.8 Å². The molecule has 0 unspecified atom stereocenters. The number of rotatable bonds is 2. The Hall–Kier alpha value is -1.19. The van der Waals surface area contributed by atoms with E-state index in [1.165, 1.54) is 0 Å². The molecule has 0 radical (unpaired) electrons. The summed E-state index contributed by atoms with van der Waals surface area (Å²) in [5.41, 5.74) is 2.25. The SMILES string of the molecule is CC(C)(C)c1cc(=S)nc(Cc2cccc(Cl)c2)[nH]1. The van der Waals surface area contributed by atoms with E-state index in [0.29, 0.717) is 11.1 Å². The maximum atomic E-state index is 6.00. The van der Waals surface area contributed by atoms with Crippen molar-refractivity contribution in [2.45, 2.75) is 32.6 Å². The Morgan fingerprint density at radius 2 is 2.00 bits per heavy atom. The van der Waals surface area contributed by atoms with Gasteiger partial charge in [-0.15, -0.1) is 0 Å². The van der Waals surface area contributed by atoms with E-state index < -0.39 is 0 Å². The van der Waals surface area contributed by atoms with E-state index in [1.807, 2.05) is 30.3 Å². The Balaban J connectivity index is 2.36. The lowest BCUT2D eigenvalue weighted by molar-refractivity contribution is 0.562. The lowest BCUT2D eigenvalue weighted by Crippen LogP contribution is -2.15. The molecule has 0 bridgehead atoms. The van der Waals surface area contributed by atoms with Gasteiger partial charge in [0.05, 0.1) is 0 Å². The summed E-state index contributed by atoms with van der Waals surface area (Å²) in [5.74, 6) is 0.875. The van der Waals surface area contributed by atoms with Gasteiger partial charge in [-0.2, -0.15) is 0 Å². The molecule has 1 N–H and O–H groups in total. The van der Waals surface area contributed by atoms with Gasteiger partial charge >= 0.3 is 0 Å². The van der Waals surface area contributed by atoms with E-state index >= 15 is 0 Å². The maximum absolute atomic E-state index is 6.00. The third-order valence-corrected chi connectivity index (χ3v) is 3.30. The van der Waals surface area contributed by atoms with Crippen LogP contribution in [-0.2, 0) is 11.8 Å². The first-order valence-electron chi connectivity index (χ1n) is 6.20. The lowest BCUT2D eigenvalue weighted by Gasteiger charge is -2.19. The molecule has 0 aliphatic rings. The van der Waals surface area contributed by atoms with Crippen molar-refractivity contribution in [1.82, 2.24) is 9.97 Å². The number of nitrogens with zero attached hydrogens (tertiary/aromatic N) is 1. The summed E-state index contributed by atoms with van der Waals surface area (Å²) >= 11 is 11.2. The number of aromatic nitrogens is 2. The number of aromatic amines is 1. The zero-order valence-corrected chi connectivity index (χ0v) is 12.9. The summed E-state index contributed by atoms with van der Waals surface area (Å²) in [7, 11) is 0. The van der Waals surface area contributed by atoms with Gasteiger partial charge in [0.2, 0.25) is 0 Å². The molecule has 0 aliphatic carbocycles. The molecular weight excluding hydrogens is 276 g/mol. The minimum atomic E-state index is 0.0274. The normalized spacial score (nSPS) is 11.6. The molecule has 0 saturated carbocycles. The van der Waals surface area contributed by atoms with Crippen molar-refractivity contribution in [3.05, 3.63) is 57.1 Å². The van der Waals surface area contributed by atoms with Gasteiger partial charge in [0.25, 0.3) is 0 Å². The van der Waals surface area contributed by atoms with Gasteiger partial charge in [-0.1, -0.05) is 56.7 Å². The minimum Gasteiger partial charge on any atom is -0.346 e. The summed E-state index contributed by atoms with van der Waals surface area (Å²) in [6.45, 7) is 6.45. The van der Waals surface area contributed by atoms with Crippen molar-refractivity contribution >= 4 is 23.8 Å². The average Bonchev–Trinajstić information content (AvgIpc) is 2.26. The molecule has 2 aromatic rings. The van der Waals surface area contributed by atoms with E-state index in [9.17, 15) is 0 Å². The van der Waals surface area contributed by atoms with Crippen LogP contribution in [0.4, 0.5) is 0 Å². The fraction of sp³-hybridized carbons (Fsp3) is 0.333.